The number of ether oxygens (including phenoxy) is 2. The van der Waals surface area contributed by atoms with Crippen LogP contribution in [0.25, 0.3) is 0 Å². The third-order valence-corrected chi connectivity index (χ3v) is 4.19. The Bertz CT molecular complexity index is 652. The van der Waals surface area contributed by atoms with Gasteiger partial charge in [0.1, 0.15) is 0 Å². The first-order valence-electron chi connectivity index (χ1n) is 7.30. The average Bonchev–Trinajstić information content (AvgIpc) is 2.92. The molecule has 1 aliphatic rings. The molecule has 0 fully saturated rings. The Balaban J connectivity index is 1.89. The summed E-state index contributed by atoms with van der Waals surface area (Å²) in [6, 6.07) is 13.1. The lowest BCUT2D eigenvalue weighted by atomic mass is 10.1. The van der Waals surface area contributed by atoms with E-state index in [0.29, 0.717) is 6.04 Å². The fraction of sp³-hybridized carbons (Fsp3) is 0.333. The van der Waals surface area contributed by atoms with E-state index < -0.39 is 0 Å². The first-order chi connectivity index (χ1) is 10.2. The maximum Gasteiger partial charge on any atom is 0.162 e. The van der Waals surface area contributed by atoms with E-state index in [9.17, 15) is 0 Å². The van der Waals surface area contributed by atoms with Crippen LogP contribution in [0.1, 0.15) is 29.2 Å². The van der Waals surface area contributed by atoms with Crippen molar-refractivity contribution in [1.82, 2.24) is 0 Å². The van der Waals surface area contributed by atoms with E-state index >= 15 is 0 Å². The van der Waals surface area contributed by atoms with Crippen LogP contribution in [0.3, 0.4) is 0 Å². The summed E-state index contributed by atoms with van der Waals surface area (Å²) in [6.07, 6.45) is 2.27. The molecule has 2 aromatic rings. The smallest absolute Gasteiger partial charge is 0.162 e. The van der Waals surface area contributed by atoms with Crippen LogP contribution in [-0.4, -0.2) is 14.2 Å². The van der Waals surface area contributed by atoms with Gasteiger partial charge in [-0.05, 0) is 42.5 Å². The summed E-state index contributed by atoms with van der Waals surface area (Å²) in [6.45, 7) is 2.09. The van der Waals surface area contributed by atoms with E-state index in [1.54, 1.807) is 14.2 Å². The number of hydrogen-bond acceptors (Lipinski definition) is 3. The van der Waals surface area contributed by atoms with Crippen molar-refractivity contribution in [3.05, 3.63) is 53.1 Å². The largest absolute Gasteiger partial charge is 0.493 e. The standard InChI is InChI=1S/C18H21NO2/c1-12-10-17(20-2)18(21-3)11-16(12)19-15-9-8-13-6-4-5-7-14(13)15/h4-7,10-11,15,19H,8-9H2,1-3H3. The molecule has 0 radical (unpaired) electrons. The van der Waals surface area contributed by atoms with Gasteiger partial charge in [0.05, 0.1) is 20.3 Å². The summed E-state index contributed by atoms with van der Waals surface area (Å²) in [5.41, 5.74) is 5.13. The van der Waals surface area contributed by atoms with Gasteiger partial charge in [-0.25, -0.2) is 0 Å². The summed E-state index contributed by atoms with van der Waals surface area (Å²) in [4.78, 5) is 0. The molecule has 0 heterocycles. The zero-order chi connectivity index (χ0) is 14.8. The minimum Gasteiger partial charge on any atom is -0.493 e. The van der Waals surface area contributed by atoms with E-state index in [1.807, 2.05) is 12.1 Å². The molecule has 1 N–H and O–H groups in total. The third kappa shape index (κ3) is 2.56. The molecule has 3 heteroatoms. The Kier molecular flexibility index (Phi) is 3.74. The number of anilines is 1. The Morgan fingerprint density at radius 2 is 1.76 bits per heavy atom. The summed E-state index contributed by atoms with van der Waals surface area (Å²) in [5.74, 6) is 1.53. The van der Waals surface area contributed by atoms with Crippen molar-refractivity contribution < 1.29 is 9.47 Å². The average molecular weight is 283 g/mol. The van der Waals surface area contributed by atoms with Crippen LogP contribution < -0.4 is 14.8 Å². The SMILES string of the molecule is COc1cc(C)c(NC2CCc3ccccc32)cc1OC. The molecule has 0 aliphatic heterocycles. The number of benzene rings is 2. The quantitative estimate of drug-likeness (QED) is 0.916. The first kappa shape index (κ1) is 13.8. The van der Waals surface area contributed by atoms with Crippen molar-refractivity contribution in [1.29, 1.82) is 0 Å². The van der Waals surface area contributed by atoms with Crippen molar-refractivity contribution in [2.75, 3.05) is 19.5 Å². The van der Waals surface area contributed by atoms with E-state index in [1.165, 1.54) is 11.1 Å². The van der Waals surface area contributed by atoms with E-state index in [-0.39, 0.29) is 0 Å². The maximum atomic E-state index is 5.40. The van der Waals surface area contributed by atoms with Crippen LogP contribution in [0.4, 0.5) is 5.69 Å². The number of rotatable bonds is 4. The fourth-order valence-electron chi connectivity index (χ4n) is 3.03. The number of methoxy groups -OCH3 is 2. The topological polar surface area (TPSA) is 30.5 Å². The van der Waals surface area contributed by atoms with Gasteiger partial charge in [-0.1, -0.05) is 24.3 Å². The molecular weight excluding hydrogens is 262 g/mol. The van der Waals surface area contributed by atoms with E-state index in [4.69, 9.17) is 9.47 Å². The Labute approximate surface area is 125 Å². The van der Waals surface area contributed by atoms with Gasteiger partial charge >= 0.3 is 0 Å². The van der Waals surface area contributed by atoms with Crippen molar-refractivity contribution in [2.45, 2.75) is 25.8 Å². The van der Waals surface area contributed by atoms with Gasteiger partial charge in [0.15, 0.2) is 11.5 Å². The molecule has 3 nitrogen and oxygen atoms in total. The van der Waals surface area contributed by atoms with Gasteiger partial charge in [0, 0.05) is 11.8 Å². The van der Waals surface area contributed by atoms with Gasteiger partial charge in [-0.15, -0.1) is 0 Å². The van der Waals surface area contributed by atoms with E-state index in [2.05, 4.69) is 36.5 Å². The van der Waals surface area contributed by atoms with Gasteiger partial charge in [0.25, 0.3) is 0 Å². The zero-order valence-electron chi connectivity index (χ0n) is 12.8. The van der Waals surface area contributed by atoms with Crippen molar-refractivity contribution in [2.24, 2.45) is 0 Å². The second kappa shape index (κ2) is 5.68. The monoisotopic (exact) mass is 283 g/mol. The third-order valence-electron chi connectivity index (χ3n) is 4.19. The highest BCUT2D eigenvalue weighted by Crippen LogP contribution is 2.38. The predicted octanol–water partition coefficient (Wildman–Crippen LogP) is 4.11. The molecule has 0 aromatic heterocycles. The van der Waals surface area contributed by atoms with Crippen molar-refractivity contribution in [3.8, 4) is 11.5 Å². The Hall–Kier alpha value is -2.16. The number of aryl methyl sites for hydroxylation is 2. The highest BCUT2D eigenvalue weighted by molar-refractivity contribution is 5.61. The molecule has 110 valence electrons. The van der Waals surface area contributed by atoms with Crippen molar-refractivity contribution >= 4 is 5.69 Å². The second-order valence-corrected chi connectivity index (χ2v) is 5.46. The van der Waals surface area contributed by atoms with Crippen LogP contribution in [-0.2, 0) is 6.42 Å². The van der Waals surface area contributed by atoms with E-state index in [0.717, 1.165) is 35.6 Å². The molecule has 21 heavy (non-hydrogen) atoms. The van der Waals surface area contributed by atoms with Crippen LogP contribution in [0.2, 0.25) is 0 Å². The summed E-state index contributed by atoms with van der Waals surface area (Å²) in [5, 5.41) is 3.66. The lowest BCUT2D eigenvalue weighted by Gasteiger charge is -2.19. The Morgan fingerprint density at radius 3 is 2.52 bits per heavy atom. The lowest BCUT2D eigenvalue weighted by Crippen LogP contribution is -2.08. The molecule has 0 amide bonds. The minimum atomic E-state index is 0.373. The molecule has 1 atom stereocenters. The van der Waals surface area contributed by atoms with Crippen molar-refractivity contribution in [3.63, 3.8) is 0 Å². The normalized spacial score (nSPS) is 16.4. The molecule has 1 unspecified atom stereocenters. The Morgan fingerprint density at radius 1 is 1.05 bits per heavy atom. The molecule has 3 rings (SSSR count). The maximum absolute atomic E-state index is 5.40. The summed E-state index contributed by atoms with van der Waals surface area (Å²) >= 11 is 0. The highest BCUT2D eigenvalue weighted by atomic mass is 16.5. The highest BCUT2D eigenvalue weighted by Gasteiger charge is 2.22. The predicted molar refractivity (Wildman–Crippen MR) is 85.4 cm³/mol. The minimum absolute atomic E-state index is 0.373. The molecule has 0 bridgehead atoms. The number of nitrogens with one attached hydrogen (secondary N) is 1. The van der Waals surface area contributed by atoms with Gasteiger partial charge < -0.3 is 14.8 Å². The molecule has 0 spiro atoms. The zero-order valence-corrected chi connectivity index (χ0v) is 12.8. The number of hydrogen-bond donors (Lipinski definition) is 1. The fourth-order valence-corrected chi connectivity index (χ4v) is 3.03. The van der Waals surface area contributed by atoms with Gasteiger partial charge in [-0.3, -0.25) is 0 Å². The molecule has 0 saturated carbocycles. The lowest BCUT2D eigenvalue weighted by molar-refractivity contribution is 0.355. The van der Waals surface area contributed by atoms with Gasteiger partial charge in [-0.2, -0.15) is 0 Å². The van der Waals surface area contributed by atoms with Crippen LogP contribution >= 0.6 is 0 Å². The second-order valence-electron chi connectivity index (χ2n) is 5.46. The van der Waals surface area contributed by atoms with Gasteiger partial charge in [0.2, 0.25) is 0 Å². The summed E-state index contributed by atoms with van der Waals surface area (Å²) < 4.78 is 10.7. The van der Waals surface area contributed by atoms with Crippen LogP contribution in [0.5, 0.6) is 11.5 Å². The number of fused-ring (bicyclic) bond motifs is 1. The molecular formula is C18H21NO2. The molecule has 0 saturated heterocycles. The first-order valence-corrected chi connectivity index (χ1v) is 7.30. The molecule has 2 aromatic carbocycles. The van der Waals surface area contributed by atoms with Crippen LogP contribution in [0.15, 0.2) is 36.4 Å². The van der Waals surface area contributed by atoms with Crippen LogP contribution in [0, 0.1) is 6.92 Å². The molecule has 1 aliphatic carbocycles. The summed E-state index contributed by atoms with van der Waals surface area (Å²) in [7, 11) is 3.33.